The zero-order chi connectivity index (χ0) is 15.6. The molecule has 0 bridgehead atoms. The van der Waals surface area contributed by atoms with Crippen LogP contribution in [0, 0.1) is 0 Å². The molecule has 0 amide bonds. The minimum Gasteiger partial charge on any atom is -0.383 e. The molecule has 0 spiro atoms. The van der Waals surface area contributed by atoms with Crippen LogP contribution in [0.4, 0.5) is 11.6 Å². The van der Waals surface area contributed by atoms with Crippen LogP contribution in [-0.2, 0) is 4.74 Å². The van der Waals surface area contributed by atoms with Crippen LogP contribution in [0.1, 0.15) is 0 Å². The molecule has 1 aromatic carbocycles. The van der Waals surface area contributed by atoms with E-state index in [1.807, 2.05) is 30.6 Å². The Kier molecular flexibility index (Phi) is 3.55. The second kappa shape index (κ2) is 5.85. The van der Waals surface area contributed by atoms with E-state index in [4.69, 9.17) is 9.72 Å². The highest BCUT2D eigenvalue weighted by Gasteiger charge is 2.20. The molecule has 23 heavy (non-hydrogen) atoms. The van der Waals surface area contributed by atoms with Crippen molar-refractivity contribution in [1.82, 2.24) is 20.2 Å². The van der Waals surface area contributed by atoms with Crippen molar-refractivity contribution in [2.24, 2.45) is 0 Å². The fraction of sp³-hybridized carbons (Fsp3) is 0.312. The molecule has 4 rings (SSSR count). The van der Waals surface area contributed by atoms with E-state index in [0.717, 1.165) is 53.4 Å². The Morgan fingerprint density at radius 1 is 1.30 bits per heavy atom. The van der Waals surface area contributed by atoms with Gasteiger partial charge in [0.1, 0.15) is 0 Å². The number of methoxy groups -OCH3 is 1. The molecule has 3 heterocycles. The third-order valence-electron chi connectivity index (χ3n) is 4.05. The van der Waals surface area contributed by atoms with Gasteiger partial charge in [0.2, 0.25) is 0 Å². The summed E-state index contributed by atoms with van der Waals surface area (Å²) >= 11 is 0. The number of hydrogen-bond acceptors (Lipinski definition) is 6. The van der Waals surface area contributed by atoms with Crippen LogP contribution >= 0.6 is 0 Å². The van der Waals surface area contributed by atoms with Crippen LogP contribution in [0.3, 0.4) is 0 Å². The highest BCUT2D eigenvalue weighted by molar-refractivity contribution is 5.93. The lowest BCUT2D eigenvalue weighted by atomic mass is 10.1. The highest BCUT2D eigenvalue weighted by atomic mass is 16.5. The summed E-state index contributed by atoms with van der Waals surface area (Å²) in [5, 5.41) is 11.5. The van der Waals surface area contributed by atoms with Gasteiger partial charge >= 0.3 is 0 Å². The number of benzene rings is 1. The fourth-order valence-corrected chi connectivity index (χ4v) is 2.88. The molecule has 2 aromatic heterocycles. The summed E-state index contributed by atoms with van der Waals surface area (Å²) in [7, 11) is 1.71. The third-order valence-corrected chi connectivity index (χ3v) is 4.05. The van der Waals surface area contributed by atoms with E-state index in [9.17, 15) is 0 Å². The molecule has 0 unspecified atom stereocenters. The van der Waals surface area contributed by atoms with Crippen LogP contribution in [0.25, 0.3) is 22.2 Å². The number of aromatic amines is 1. The number of anilines is 2. The normalized spacial score (nSPS) is 13.9. The molecule has 3 aromatic rings. The van der Waals surface area contributed by atoms with Gasteiger partial charge in [0.25, 0.3) is 0 Å². The average molecular weight is 310 g/mol. The van der Waals surface area contributed by atoms with Gasteiger partial charge in [-0.2, -0.15) is 5.10 Å². The smallest absolute Gasteiger partial charge is 0.172 e. The van der Waals surface area contributed by atoms with Crippen molar-refractivity contribution in [1.29, 1.82) is 0 Å². The molecule has 1 aliphatic heterocycles. The van der Waals surface area contributed by atoms with E-state index in [1.165, 1.54) is 0 Å². The van der Waals surface area contributed by atoms with Gasteiger partial charge in [0.05, 0.1) is 30.2 Å². The van der Waals surface area contributed by atoms with Crippen LogP contribution in [0.15, 0.2) is 30.6 Å². The standard InChI is InChI=1S/C16H18N6O/c1-23-8-7-22-6-5-17-15-16(22)20-14(10-18-15)11-3-2-4-13-12(11)9-19-21-13/h2-4,9-10H,5-8H2,1H3,(H,17,18)(H,19,21). The lowest BCUT2D eigenvalue weighted by Crippen LogP contribution is -2.37. The largest absolute Gasteiger partial charge is 0.383 e. The maximum Gasteiger partial charge on any atom is 0.172 e. The van der Waals surface area contributed by atoms with Crippen molar-refractivity contribution < 1.29 is 4.74 Å². The van der Waals surface area contributed by atoms with Crippen molar-refractivity contribution in [3.8, 4) is 11.3 Å². The summed E-state index contributed by atoms with van der Waals surface area (Å²) in [5.74, 6) is 1.71. The van der Waals surface area contributed by atoms with Crippen molar-refractivity contribution in [3.05, 3.63) is 30.6 Å². The Morgan fingerprint density at radius 3 is 3.17 bits per heavy atom. The molecule has 7 heteroatoms. The molecule has 0 atom stereocenters. The van der Waals surface area contributed by atoms with Gasteiger partial charge in [-0.25, -0.2) is 9.97 Å². The van der Waals surface area contributed by atoms with Crippen LogP contribution in [0.5, 0.6) is 0 Å². The van der Waals surface area contributed by atoms with Gasteiger partial charge in [-0.3, -0.25) is 5.10 Å². The zero-order valence-corrected chi connectivity index (χ0v) is 12.9. The number of hydrogen-bond donors (Lipinski definition) is 2. The van der Waals surface area contributed by atoms with E-state index in [-0.39, 0.29) is 0 Å². The van der Waals surface area contributed by atoms with Gasteiger partial charge in [0, 0.05) is 37.7 Å². The van der Waals surface area contributed by atoms with Gasteiger partial charge in [-0.1, -0.05) is 12.1 Å². The quantitative estimate of drug-likeness (QED) is 0.766. The molecule has 2 N–H and O–H groups in total. The topological polar surface area (TPSA) is 79.0 Å². The second-order valence-electron chi connectivity index (χ2n) is 5.47. The predicted molar refractivity (Wildman–Crippen MR) is 89.7 cm³/mol. The SMILES string of the molecule is COCCN1CCNc2ncc(-c3cccc4[nH]ncc34)nc21. The van der Waals surface area contributed by atoms with E-state index in [2.05, 4.69) is 25.4 Å². The van der Waals surface area contributed by atoms with Gasteiger partial charge in [0.15, 0.2) is 11.6 Å². The molecule has 118 valence electrons. The summed E-state index contributed by atoms with van der Waals surface area (Å²) in [6, 6.07) is 6.05. The first kappa shape index (κ1) is 14.0. The van der Waals surface area contributed by atoms with Crippen molar-refractivity contribution in [2.75, 3.05) is 43.6 Å². The second-order valence-corrected chi connectivity index (χ2v) is 5.47. The Labute approximate surface area is 133 Å². The Hall–Kier alpha value is -2.67. The Morgan fingerprint density at radius 2 is 2.26 bits per heavy atom. The molecule has 1 aliphatic rings. The van der Waals surface area contributed by atoms with Crippen molar-refractivity contribution >= 4 is 22.5 Å². The van der Waals surface area contributed by atoms with Crippen LogP contribution in [-0.4, -0.2) is 53.5 Å². The van der Waals surface area contributed by atoms with Crippen LogP contribution in [0.2, 0.25) is 0 Å². The molecule has 7 nitrogen and oxygen atoms in total. The average Bonchev–Trinajstić information content (AvgIpc) is 3.08. The van der Waals surface area contributed by atoms with E-state index < -0.39 is 0 Å². The number of rotatable bonds is 4. The predicted octanol–water partition coefficient (Wildman–Crippen LogP) is 1.90. The van der Waals surface area contributed by atoms with Gasteiger partial charge in [-0.15, -0.1) is 0 Å². The lowest BCUT2D eigenvalue weighted by Gasteiger charge is -2.30. The summed E-state index contributed by atoms with van der Waals surface area (Å²) in [4.78, 5) is 11.6. The maximum absolute atomic E-state index is 5.20. The zero-order valence-electron chi connectivity index (χ0n) is 12.9. The first-order chi connectivity index (χ1) is 11.4. The van der Waals surface area contributed by atoms with Crippen molar-refractivity contribution in [3.63, 3.8) is 0 Å². The van der Waals surface area contributed by atoms with Crippen molar-refractivity contribution in [2.45, 2.75) is 0 Å². The Balaban J connectivity index is 1.78. The third kappa shape index (κ3) is 2.49. The van der Waals surface area contributed by atoms with Crippen LogP contribution < -0.4 is 10.2 Å². The number of fused-ring (bicyclic) bond motifs is 2. The molecule has 0 saturated heterocycles. The number of nitrogens with zero attached hydrogens (tertiary/aromatic N) is 4. The lowest BCUT2D eigenvalue weighted by molar-refractivity contribution is 0.205. The first-order valence-electron chi connectivity index (χ1n) is 7.64. The minimum absolute atomic E-state index is 0.669. The molecular weight excluding hydrogens is 292 g/mol. The van der Waals surface area contributed by atoms with E-state index in [0.29, 0.717) is 6.61 Å². The molecular formula is C16H18N6O. The minimum atomic E-state index is 0.669. The molecule has 0 aliphatic carbocycles. The molecule has 0 saturated carbocycles. The number of nitrogens with one attached hydrogen (secondary N) is 2. The molecule has 0 radical (unpaired) electrons. The van der Waals surface area contributed by atoms with Gasteiger partial charge in [-0.05, 0) is 6.07 Å². The summed E-state index contributed by atoms with van der Waals surface area (Å²) < 4.78 is 5.20. The number of H-pyrrole nitrogens is 1. The fourth-order valence-electron chi connectivity index (χ4n) is 2.88. The maximum atomic E-state index is 5.20. The monoisotopic (exact) mass is 310 g/mol. The highest BCUT2D eigenvalue weighted by Crippen LogP contribution is 2.30. The summed E-state index contributed by atoms with van der Waals surface area (Å²) in [5.41, 5.74) is 2.88. The van der Waals surface area contributed by atoms with E-state index in [1.54, 1.807) is 7.11 Å². The molecule has 0 fully saturated rings. The number of ether oxygens (including phenoxy) is 1. The van der Waals surface area contributed by atoms with Gasteiger partial charge < -0.3 is 15.0 Å². The summed E-state index contributed by atoms with van der Waals surface area (Å²) in [6.07, 6.45) is 3.64. The first-order valence-corrected chi connectivity index (χ1v) is 7.64. The van der Waals surface area contributed by atoms with E-state index >= 15 is 0 Å². The summed E-state index contributed by atoms with van der Waals surface area (Å²) in [6.45, 7) is 3.23. The Bertz CT molecular complexity index is 830. The number of aromatic nitrogens is 4.